The normalized spacial score (nSPS) is 11.6. The smallest absolute Gasteiger partial charge is 0.0695 e. The number of hydrogen-bond donors (Lipinski definition) is 1. The van der Waals surface area contributed by atoms with Crippen LogP contribution in [0.15, 0.2) is 11.4 Å². The molecule has 1 heterocycles. The lowest BCUT2D eigenvalue weighted by Gasteiger charge is -2.02. The van der Waals surface area contributed by atoms with Crippen LogP contribution in [0.5, 0.6) is 0 Å². The molecular weight excluding hydrogens is 182 g/mol. The first-order valence-corrected chi connectivity index (χ1v) is 4.72. The molecule has 1 aromatic rings. The Bertz CT molecular complexity index is 356. The monoisotopic (exact) mass is 191 g/mol. The van der Waals surface area contributed by atoms with Crippen LogP contribution in [-0.2, 0) is 6.42 Å². The van der Waals surface area contributed by atoms with Crippen molar-refractivity contribution >= 4 is 11.3 Å². The van der Waals surface area contributed by atoms with Gasteiger partial charge in [0.05, 0.1) is 25.0 Å². The molecule has 0 unspecified atom stereocenters. The maximum atomic E-state index is 8.44. The number of nitrogens with zero attached hydrogens (tertiary/aromatic N) is 2. The van der Waals surface area contributed by atoms with E-state index in [9.17, 15) is 0 Å². The molecule has 0 aromatic carbocycles. The summed E-state index contributed by atoms with van der Waals surface area (Å²) in [6.45, 7) is 0. The van der Waals surface area contributed by atoms with E-state index in [1.165, 1.54) is 11.3 Å². The lowest BCUT2D eigenvalue weighted by molar-refractivity contribution is 0.751. The zero-order chi connectivity index (χ0) is 9.68. The Morgan fingerprint density at radius 3 is 2.85 bits per heavy atom. The van der Waals surface area contributed by atoms with Crippen LogP contribution in [0.1, 0.15) is 22.9 Å². The van der Waals surface area contributed by atoms with Gasteiger partial charge in [-0.2, -0.15) is 10.5 Å². The van der Waals surface area contributed by atoms with Crippen LogP contribution in [0.4, 0.5) is 0 Å². The van der Waals surface area contributed by atoms with Crippen LogP contribution < -0.4 is 5.73 Å². The summed E-state index contributed by atoms with van der Waals surface area (Å²) in [5.41, 5.74) is 6.67. The third-order valence-corrected chi connectivity index (χ3v) is 2.62. The van der Waals surface area contributed by atoms with Crippen molar-refractivity contribution in [3.8, 4) is 12.1 Å². The number of nitriles is 2. The highest BCUT2D eigenvalue weighted by Crippen LogP contribution is 2.21. The second-order valence-corrected chi connectivity index (χ2v) is 3.65. The van der Waals surface area contributed by atoms with Gasteiger partial charge in [-0.25, -0.2) is 0 Å². The molecule has 0 aliphatic heterocycles. The van der Waals surface area contributed by atoms with Crippen LogP contribution in [0, 0.1) is 22.7 Å². The van der Waals surface area contributed by atoms with Gasteiger partial charge in [-0.3, -0.25) is 0 Å². The van der Waals surface area contributed by atoms with E-state index < -0.39 is 0 Å². The largest absolute Gasteiger partial charge is 0.323 e. The van der Waals surface area contributed by atoms with Crippen LogP contribution in [-0.4, -0.2) is 0 Å². The Labute approximate surface area is 81.0 Å². The first-order chi connectivity index (χ1) is 6.27. The Morgan fingerprint density at radius 1 is 1.46 bits per heavy atom. The summed E-state index contributed by atoms with van der Waals surface area (Å²) in [5.74, 6) is 0. The van der Waals surface area contributed by atoms with E-state index in [-0.39, 0.29) is 6.04 Å². The number of nitrogens with two attached hydrogens (primary N) is 1. The van der Waals surface area contributed by atoms with Gasteiger partial charge in [-0.05, 0) is 17.0 Å². The lowest BCUT2D eigenvalue weighted by atomic mass is 10.1. The Balaban J connectivity index is 2.70. The average molecular weight is 191 g/mol. The quantitative estimate of drug-likeness (QED) is 0.790. The van der Waals surface area contributed by atoms with E-state index in [1.54, 1.807) is 0 Å². The molecule has 1 aromatic heterocycles. The molecule has 3 nitrogen and oxygen atoms in total. The zero-order valence-electron chi connectivity index (χ0n) is 7.03. The molecule has 0 saturated heterocycles. The minimum Gasteiger partial charge on any atom is -0.323 e. The van der Waals surface area contributed by atoms with E-state index in [4.69, 9.17) is 16.3 Å². The molecule has 0 spiro atoms. The van der Waals surface area contributed by atoms with Crippen molar-refractivity contribution in [2.75, 3.05) is 0 Å². The summed E-state index contributed by atoms with van der Waals surface area (Å²) < 4.78 is 0. The Hall–Kier alpha value is -1.36. The SMILES string of the molecule is N#CCc1cc([C@H](N)CC#N)cs1. The van der Waals surface area contributed by atoms with Crippen molar-refractivity contribution in [1.29, 1.82) is 10.5 Å². The number of thiophene rings is 1. The molecule has 0 bridgehead atoms. The molecule has 66 valence electrons. The molecule has 0 aliphatic rings. The van der Waals surface area contributed by atoms with Crippen LogP contribution in [0.25, 0.3) is 0 Å². The van der Waals surface area contributed by atoms with Gasteiger partial charge in [0.1, 0.15) is 0 Å². The molecule has 1 atom stereocenters. The summed E-state index contributed by atoms with van der Waals surface area (Å²) in [6.07, 6.45) is 0.743. The van der Waals surface area contributed by atoms with Crippen molar-refractivity contribution in [2.45, 2.75) is 18.9 Å². The highest BCUT2D eigenvalue weighted by molar-refractivity contribution is 7.10. The average Bonchev–Trinajstić information content (AvgIpc) is 2.54. The summed E-state index contributed by atoms with van der Waals surface area (Å²) >= 11 is 1.52. The van der Waals surface area contributed by atoms with Gasteiger partial charge in [0.25, 0.3) is 0 Å². The molecule has 2 N–H and O–H groups in total. The molecule has 13 heavy (non-hydrogen) atoms. The van der Waals surface area contributed by atoms with Crippen molar-refractivity contribution < 1.29 is 0 Å². The minimum absolute atomic E-state index is 0.214. The second-order valence-electron chi connectivity index (χ2n) is 2.65. The summed E-state index contributed by atoms with van der Waals surface area (Å²) in [4.78, 5) is 1.01. The van der Waals surface area contributed by atoms with Crippen molar-refractivity contribution in [2.24, 2.45) is 5.73 Å². The molecule has 1 rings (SSSR count). The van der Waals surface area contributed by atoms with Gasteiger partial charge < -0.3 is 5.73 Å². The molecule has 0 radical (unpaired) electrons. The van der Waals surface area contributed by atoms with Crippen LogP contribution in [0.3, 0.4) is 0 Å². The summed E-state index contributed by atoms with van der Waals surface area (Å²) in [7, 11) is 0. The van der Waals surface area contributed by atoms with Gasteiger partial charge in [0, 0.05) is 10.9 Å². The van der Waals surface area contributed by atoms with Gasteiger partial charge in [0.15, 0.2) is 0 Å². The molecule has 0 saturated carbocycles. The van der Waals surface area contributed by atoms with E-state index in [1.807, 2.05) is 17.5 Å². The van der Waals surface area contributed by atoms with Gasteiger partial charge in [0.2, 0.25) is 0 Å². The van der Waals surface area contributed by atoms with Gasteiger partial charge in [-0.15, -0.1) is 11.3 Å². The highest BCUT2D eigenvalue weighted by Gasteiger charge is 2.07. The fourth-order valence-electron chi connectivity index (χ4n) is 0.979. The first kappa shape index (κ1) is 9.73. The van der Waals surface area contributed by atoms with E-state index in [2.05, 4.69) is 6.07 Å². The molecular formula is C9H9N3S. The Kier molecular flexibility index (Phi) is 3.45. The third-order valence-electron chi connectivity index (χ3n) is 1.67. The summed E-state index contributed by atoms with van der Waals surface area (Å²) in [6, 6.07) is 5.78. The van der Waals surface area contributed by atoms with Crippen LogP contribution >= 0.6 is 11.3 Å². The zero-order valence-corrected chi connectivity index (χ0v) is 7.84. The summed E-state index contributed by atoms with van der Waals surface area (Å²) in [5, 5.41) is 18.8. The standard InChI is InChI=1S/C9H9N3S/c10-3-1-8-5-7(6-13-8)9(12)2-4-11/h5-6,9H,1-2,12H2/t9-/m1/s1. The first-order valence-electron chi connectivity index (χ1n) is 3.84. The maximum Gasteiger partial charge on any atom is 0.0695 e. The van der Waals surface area contributed by atoms with E-state index in [0.29, 0.717) is 12.8 Å². The lowest BCUT2D eigenvalue weighted by Crippen LogP contribution is -2.07. The minimum atomic E-state index is -0.214. The topological polar surface area (TPSA) is 73.6 Å². The molecule has 0 fully saturated rings. The number of rotatable bonds is 3. The fraction of sp³-hybridized carbons (Fsp3) is 0.333. The fourth-order valence-corrected chi connectivity index (χ4v) is 1.86. The number of hydrogen-bond acceptors (Lipinski definition) is 4. The molecule has 0 amide bonds. The predicted molar refractivity (Wildman–Crippen MR) is 50.8 cm³/mol. The second kappa shape index (κ2) is 4.61. The molecule has 0 aliphatic carbocycles. The highest BCUT2D eigenvalue weighted by atomic mass is 32.1. The van der Waals surface area contributed by atoms with E-state index in [0.717, 1.165) is 10.4 Å². The Morgan fingerprint density at radius 2 is 2.23 bits per heavy atom. The maximum absolute atomic E-state index is 8.44. The van der Waals surface area contributed by atoms with Crippen molar-refractivity contribution in [1.82, 2.24) is 0 Å². The van der Waals surface area contributed by atoms with Crippen molar-refractivity contribution in [3.63, 3.8) is 0 Å². The van der Waals surface area contributed by atoms with E-state index >= 15 is 0 Å². The predicted octanol–water partition coefficient (Wildman–Crippen LogP) is 1.73. The van der Waals surface area contributed by atoms with Crippen molar-refractivity contribution in [3.05, 3.63) is 21.9 Å². The van der Waals surface area contributed by atoms with Gasteiger partial charge in [-0.1, -0.05) is 0 Å². The molecule has 4 heteroatoms. The third kappa shape index (κ3) is 2.55. The van der Waals surface area contributed by atoms with Crippen LogP contribution in [0.2, 0.25) is 0 Å². The van der Waals surface area contributed by atoms with Gasteiger partial charge >= 0.3 is 0 Å².